The Balaban J connectivity index is 3.66. The van der Waals surface area contributed by atoms with Crippen molar-refractivity contribution < 1.29 is 25.2 Å². The average Bonchev–Trinajstić information content (AvgIpc) is 3.06. The minimum absolute atomic E-state index is 0.363. The number of aliphatic hydroxyl groups is 4. The van der Waals surface area contributed by atoms with Crippen LogP contribution in [0.4, 0.5) is 0 Å². The number of hydrogen-bond donors (Lipinski definition) is 5. The molecule has 46 heavy (non-hydrogen) atoms. The molecule has 1 amide bonds. The van der Waals surface area contributed by atoms with E-state index in [-0.39, 0.29) is 0 Å². The van der Waals surface area contributed by atoms with Crippen LogP contribution in [0.1, 0.15) is 194 Å². The van der Waals surface area contributed by atoms with Gasteiger partial charge >= 0.3 is 0 Å². The van der Waals surface area contributed by atoms with E-state index in [9.17, 15) is 25.2 Å². The summed E-state index contributed by atoms with van der Waals surface area (Å²) in [5.74, 6) is -0.599. The third-order valence-electron chi connectivity index (χ3n) is 9.24. The summed E-state index contributed by atoms with van der Waals surface area (Å²) in [5.41, 5.74) is 0. The molecule has 0 aromatic rings. The Morgan fingerprint density at radius 1 is 0.565 bits per heavy atom. The summed E-state index contributed by atoms with van der Waals surface area (Å²) in [5, 5.41) is 43.2. The van der Waals surface area contributed by atoms with Gasteiger partial charge in [0, 0.05) is 0 Å². The van der Waals surface area contributed by atoms with Crippen LogP contribution in [-0.2, 0) is 4.79 Å². The smallest absolute Gasteiger partial charge is 0.249 e. The molecule has 0 rings (SSSR count). The Morgan fingerprint density at radius 3 is 1.41 bits per heavy atom. The molecule has 0 aromatic carbocycles. The van der Waals surface area contributed by atoms with Crippen molar-refractivity contribution in [1.29, 1.82) is 0 Å². The van der Waals surface area contributed by atoms with Gasteiger partial charge in [-0.25, -0.2) is 0 Å². The summed E-state index contributed by atoms with van der Waals surface area (Å²) in [6.07, 6.45) is 38.2. The summed E-state index contributed by atoms with van der Waals surface area (Å²) < 4.78 is 0. The second-order valence-electron chi connectivity index (χ2n) is 13.6. The van der Waals surface area contributed by atoms with Gasteiger partial charge in [-0.2, -0.15) is 0 Å². The Labute approximate surface area is 284 Å². The van der Waals surface area contributed by atoms with Gasteiger partial charge in [-0.1, -0.05) is 172 Å². The molecule has 0 spiro atoms. The van der Waals surface area contributed by atoms with Crippen LogP contribution in [0.25, 0.3) is 0 Å². The molecule has 0 fully saturated rings. The monoisotopic (exact) mass is 652 g/mol. The number of hydrogen-bond acceptors (Lipinski definition) is 5. The first-order chi connectivity index (χ1) is 22.5. The summed E-state index contributed by atoms with van der Waals surface area (Å²) in [6.45, 7) is 3.79. The number of allylic oxidation sites excluding steroid dienone is 4. The van der Waals surface area contributed by atoms with Gasteiger partial charge in [0.05, 0.1) is 18.8 Å². The first kappa shape index (κ1) is 44.8. The predicted octanol–water partition coefficient (Wildman–Crippen LogP) is 9.62. The first-order valence-electron chi connectivity index (χ1n) is 19.7. The lowest BCUT2D eigenvalue weighted by Crippen LogP contribution is -2.53. The lowest BCUT2D eigenvalue weighted by Gasteiger charge is -2.27. The maximum absolute atomic E-state index is 12.4. The van der Waals surface area contributed by atoms with Crippen LogP contribution >= 0.6 is 0 Å². The summed E-state index contributed by atoms with van der Waals surface area (Å²) in [7, 11) is 0. The van der Waals surface area contributed by atoms with Crippen molar-refractivity contribution in [2.75, 3.05) is 6.61 Å². The molecule has 0 bridgehead atoms. The molecule has 0 aliphatic rings. The van der Waals surface area contributed by atoms with Crippen molar-refractivity contribution in [3.63, 3.8) is 0 Å². The largest absolute Gasteiger partial charge is 0.394 e. The van der Waals surface area contributed by atoms with E-state index in [1.54, 1.807) is 0 Å². The number of unbranched alkanes of at least 4 members (excludes halogenated alkanes) is 23. The van der Waals surface area contributed by atoms with E-state index in [4.69, 9.17) is 0 Å². The zero-order valence-electron chi connectivity index (χ0n) is 30.3. The second kappa shape index (κ2) is 35.1. The Kier molecular flexibility index (Phi) is 34.2. The Hall–Kier alpha value is -1.21. The average molecular weight is 652 g/mol. The maximum atomic E-state index is 12.4. The Bertz CT molecular complexity index is 697. The second-order valence-corrected chi connectivity index (χ2v) is 13.6. The molecule has 0 aromatic heterocycles. The molecule has 272 valence electrons. The lowest BCUT2D eigenvalue weighted by atomic mass is 10.00. The van der Waals surface area contributed by atoms with Crippen LogP contribution in [-0.4, -0.2) is 57.3 Å². The maximum Gasteiger partial charge on any atom is 0.249 e. The van der Waals surface area contributed by atoms with Gasteiger partial charge in [-0.3, -0.25) is 4.79 Å². The number of nitrogens with one attached hydrogen (secondary N) is 1. The molecular weight excluding hydrogens is 574 g/mol. The molecule has 0 saturated heterocycles. The third kappa shape index (κ3) is 29.0. The molecule has 0 aliphatic carbocycles. The summed E-state index contributed by atoms with van der Waals surface area (Å²) in [6, 6.07) is -1.00. The van der Waals surface area contributed by atoms with Crippen LogP contribution in [0.5, 0.6) is 0 Å². The fraction of sp³-hybridized carbons (Fsp3) is 0.875. The van der Waals surface area contributed by atoms with E-state index >= 15 is 0 Å². The number of rotatable bonds is 35. The van der Waals surface area contributed by atoms with Crippen LogP contribution in [0.3, 0.4) is 0 Å². The molecule has 5 N–H and O–H groups in total. The van der Waals surface area contributed by atoms with E-state index in [1.165, 1.54) is 122 Å². The minimum Gasteiger partial charge on any atom is -0.394 e. The first-order valence-corrected chi connectivity index (χ1v) is 19.7. The van der Waals surface area contributed by atoms with E-state index < -0.39 is 36.9 Å². The topological polar surface area (TPSA) is 110 Å². The quantitative estimate of drug-likeness (QED) is 0.0346. The molecule has 0 aliphatic heterocycles. The lowest BCUT2D eigenvalue weighted by molar-refractivity contribution is -0.132. The van der Waals surface area contributed by atoms with Gasteiger partial charge in [0.25, 0.3) is 0 Å². The van der Waals surface area contributed by atoms with Crippen LogP contribution < -0.4 is 5.32 Å². The van der Waals surface area contributed by atoms with Gasteiger partial charge in [-0.15, -0.1) is 0 Å². The highest BCUT2D eigenvalue weighted by Crippen LogP contribution is 2.16. The number of aliphatic hydroxyl groups excluding tert-OH is 4. The van der Waals surface area contributed by atoms with Gasteiger partial charge in [-0.05, 0) is 45.4 Å². The van der Waals surface area contributed by atoms with Gasteiger partial charge < -0.3 is 25.7 Å². The molecule has 0 radical (unpaired) electrons. The summed E-state index contributed by atoms with van der Waals surface area (Å²) in [4.78, 5) is 12.4. The normalized spacial score (nSPS) is 14.7. The minimum atomic E-state index is -1.28. The number of amides is 1. The van der Waals surface area contributed by atoms with Crippen LogP contribution in [0, 0.1) is 0 Å². The van der Waals surface area contributed by atoms with Crippen LogP contribution in [0.2, 0.25) is 0 Å². The van der Waals surface area contributed by atoms with Crippen molar-refractivity contribution in [2.24, 2.45) is 0 Å². The van der Waals surface area contributed by atoms with Crippen molar-refractivity contribution in [1.82, 2.24) is 5.32 Å². The van der Waals surface area contributed by atoms with Crippen molar-refractivity contribution >= 4 is 5.91 Å². The van der Waals surface area contributed by atoms with Crippen molar-refractivity contribution in [2.45, 2.75) is 218 Å². The molecular formula is C40H77NO5. The summed E-state index contributed by atoms with van der Waals surface area (Å²) >= 11 is 0. The molecule has 0 saturated carbocycles. The number of carbonyl (C=O) groups is 1. The highest BCUT2D eigenvalue weighted by molar-refractivity contribution is 5.80. The fourth-order valence-corrected chi connectivity index (χ4v) is 6.07. The van der Waals surface area contributed by atoms with E-state index in [0.717, 1.165) is 38.5 Å². The van der Waals surface area contributed by atoms with Gasteiger partial charge in [0.15, 0.2) is 0 Å². The third-order valence-corrected chi connectivity index (χ3v) is 9.24. The highest BCUT2D eigenvalue weighted by Gasteiger charge is 2.28. The van der Waals surface area contributed by atoms with Crippen molar-refractivity contribution in [3.8, 4) is 0 Å². The molecule has 4 unspecified atom stereocenters. The van der Waals surface area contributed by atoms with Crippen molar-refractivity contribution in [3.05, 3.63) is 24.3 Å². The van der Waals surface area contributed by atoms with Gasteiger partial charge in [0.2, 0.25) is 5.91 Å². The zero-order valence-corrected chi connectivity index (χ0v) is 30.3. The SMILES string of the molecule is C/C=C/CC/C=C/CCCC(O)C(O)C(CO)NC(=O)C(O)CCCCCCCCCCCCCCCCCCCCCCCC. The molecule has 6 heteroatoms. The predicted molar refractivity (Wildman–Crippen MR) is 196 cm³/mol. The highest BCUT2D eigenvalue weighted by atomic mass is 16.3. The molecule has 4 atom stereocenters. The molecule has 0 heterocycles. The van der Waals surface area contributed by atoms with E-state index in [2.05, 4.69) is 30.5 Å². The fourth-order valence-electron chi connectivity index (χ4n) is 6.07. The molecule has 6 nitrogen and oxygen atoms in total. The van der Waals surface area contributed by atoms with E-state index in [1.807, 2.05) is 13.0 Å². The standard InChI is InChI=1S/C40H77NO5/c1-3-5-7-9-11-13-14-15-16-17-18-19-20-21-22-23-24-25-26-28-30-32-34-38(44)40(46)41-36(35-42)39(45)37(43)33-31-29-27-12-10-8-6-4-2/h4,6,12,27,36-39,42-45H,3,5,7-11,13-26,28-35H2,1-2H3,(H,41,46)/b6-4+,27-12+. The van der Waals surface area contributed by atoms with Crippen LogP contribution in [0.15, 0.2) is 24.3 Å². The van der Waals surface area contributed by atoms with E-state index in [0.29, 0.717) is 19.3 Å². The number of carbonyl (C=O) groups excluding carboxylic acids is 1. The Morgan fingerprint density at radius 2 is 0.978 bits per heavy atom. The zero-order chi connectivity index (χ0) is 33.9. The van der Waals surface area contributed by atoms with Gasteiger partial charge in [0.1, 0.15) is 12.2 Å².